The van der Waals surface area contributed by atoms with Gasteiger partial charge < -0.3 is 15.0 Å². The molecule has 7 nitrogen and oxygen atoms in total. The van der Waals surface area contributed by atoms with Gasteiger partial charge in [-0.1, -0.05) is 12.1 Å². The van der Waals surface area contributed by atoms with Crippen LogP contribution in [0.15, 0.2) is 34.0 Å². The Hall–Kier alpha value is -2.83. The number of H-pyrrole nitrogens is 1. The average Bonchev–Trinajstić information content (AvgIpc) is 2.52. The number of nitrogens with zero attached hydrogens (tertiary/aromatic N) is 1. The van der Waals surface area contributed by atoms with E-state index in [2.05, 4.69) is 10.3 Å². The van der Waals surface area contributed by atoms with E-state index in [0.717, 1.165) is 29.2 Å². The number of rotatable bonds is 2. The third-order valence-electron chi connectivity index (χ3n) is 4.14. The third-order valence-corrected chi connectivity index (χ3v) is 4.14. The second-order valence-electron chi connectivity index (χ2n) is 6.48. The molecule has 2 aromatic rings. The van der Waals surface area contributed by atoms with Crippen LogP contribution in [0.5, 0.6) is 5.75 Å². The molecule has 1 aliphatic rings. The highest BCUT2D eigenvalue weighted by Gasteiger charge is 2.28. The van der Waals surface area contributed by atoms with E-state index in [1.807, 2.05) is 26.0 Å². The molecule has 0 radical (unpaired) electrons. The molecule has 0 spiro atoms. The Kier molecular flexibility index (Phi) is 3.79. The van der Waals surface area contributed by atoms with Gasteiger partial charge in [0.25, 0.3) is 11.5 Å². The van der Waals surface area contributed by atoms with Gasteiger partial charge in [-0.05, 0) is 38.3 Å². The van der Waals surface area contributed by atoms with Crippen molar-refractivity contribution in [2.45, 2.75) is 32.3 Å². The maximum Gasteiger partial charge on any atom is 0.328 e. The van der Waals surface area contributed by atoms with E-state index in [-0.39, 0.29) is 11.2 Å². The molecular formula is C17H19N3O4. The Morgan fingerprint density at radius 2 is 2.08 bits per heavy atom. The van der Waals surface area contributed by atoms with Gasteiger partial charge >= 0.3 is 5.69 Å². The number of para-hydroxylation sites is 1. The summed E-state index contributed by atoms with van der Waals surface area (Å²) in [6, 6.07) is 5.52. The van der Waals surface area contributed by atoms with Crippen LogP contribution in [-0.4, -0.2) is 21.1 Å². The lowest BCUT2D eigenvalue weighted by atomic mass is 9.94. The summed E-state index contributed by atoms with van der Waals surface area (Å²) < 4.78 is 6.86. The zero-order chi connectivity index (χ0) is 17.5. The van der Waals surface area contributed by atoms with E-state index in [1.165, 1.54) is 7.05 Å². The van der Waals surface area contributed by atoms with Crippen LogP contribution in [0.1, 0.15) is 36.2 Å². The molecule has 1 amide bonds. The first kappa shape index (κ1) is 16.0. The van der Waals surface area contributed by atoms with Crippen molar-refractivity contribution in [3.8, 4) is 5.75 Å². The number of hydrogen-bond donors (Lipinski definition) is 2. The number of aromatic nitrogens is 2. The molecule has 3 rings (SSSR count). The van der Waals surface area contributed by atoms with E-state index in [9.17, 15) is 14.4 Å². The van der Waals surface area contributed by atoms with E-state index in [0.29, 0.717) is 11.4 Å². The van der Waals surface area contributed by atoms with Gasteiger partial charge in [-0.25, -0.2) is 4.79 Å². The minimum atomic E-state index is -0.651. The van der Waals surface area contributed by atoms with Crippen molar-refractivity contribution in [3.05, 3.63) is 56.4 Å². The van der Waals surface area contributed by atoms with Crippen molar-refractivity contribution in [1.82, 2.24) is 9.55 Å². The molecule has 1 aromatic carbocycles. The third kappa shape index (κ3) is 2.84. The molecule has 0 fully saturated rings. The first-order valence-electron chi connectivity index (χ1n) is 7.69. The number of amides is 1. The molecular weight excluding hydrogens is 310 g/mol. The normalized spacial score (nSPS) is 15.3. The van der Waals surface area contributed by atoms with Crippen LogP contribution in [0.25, 0.3) is 0 Å². The van der Waals surface area contributed by atoms with E-state index >= 15 is 0 Å². The molecule has 126 valence electrons. The Morgan fingerprint density at radius 3 is 2.83 bits per heavy atom. The predicted octanol–water partition coefficient (Wildman–Crippen LogP) is 1.43. The van der Waals surface area contributed by atoms with Gasteiger partial charge in [0, 0.05) is 13.2 Å². The molecule has 0 saturated heterocycles. The summed E-state index contributed by atoms with van der Waals surface area (Å²) in [6.45, 7) is 3.98. The summed E-state index contributed by atoms with van der Waals surface area (Å²) in [4.78, 5) is 38.3. The van der Waals surface area contributed by atoms with Crippen LogP contribution in [-0.2, 0) is 13.5 Å². The Labute approximate surface area is 138 Å². The number of anilines is 1. The lowest BCUT2D eigenvalue weighted by Crippen LogP contribution is -2.37. The average molecular weight is 329 g/mol. The van der Waals surface area contributed by atoms with Crippen LogP contribution in [0, 0.1) is 0 Å². The van der Waals surface area contributed by atoms with Crippen LogP contribution < -0.4 is 21.3 Å². The van der Waals surface area contributed by atoms with Crippen molar-refractivity contribution in [3.63, 3.8) is 0 Å². The monoisotopic (exact) mass is 329 g/mol. The smallest absolute Gasteiger partial charge is 0.328 e. The molecule has 0 aliphatic carbocycles. The van der Waals surface area contributed by atoms with Crippen molar-refractivity contribution in [1.29, 1.82) is 0 Å². The Bertz CT molecular complexity index is 924. The molecule has 2 N–H and O–H groups in total. The highest BCUT2D eigenvalue weighted by Crippen LogP contribution is 2.38. The second-order valence-corrected chi connectivity index (χ2v) is 6.48. The summed E-state index contributed by atoms with van der Waals surface area (Å²) in [7, 11) is 1.31. The van der Waals surface area contributed by atoms with Gasteiger partial charge in [0.1, 0.15) is 16.9 Å². The summed E-state index contributed by atoms with van der Waals surface area (Å²) in [6.07, 6.45) is 2.87. The topological polar surface area (TPSA) is 93.2 Å². The van der Waals surface area contributed by atoms with E-state index in [4.69, 9.17) is 4.74 Å². The quantitative estimate of drug-likeness (QED) is 0.871. The number of nitrogens with one attached hydrogen (secondary N) is 2. The number of carbonyl (C=O) groups is 1. The number of aryl methyl sites for hydroxylation is 1. The molecule has 1 aliphatic heterocycles. The van der Waals surface area contributed by atoms with Crippen molar-refractivity contribution in [2.24, 2.45) is 7.05 Å². The molecule has 0 saturated carbocycles. The molecule has 0 atom stereocenters. The van der Waals surface area contributed by atoms with Gasteiger partial charge in [-0.3, -0.25) is 14.2 Å². The molecule has 0 bridgehead atoms. The number of fused-ring (bicyclic) bond motifs is 1. The second kappa shape index (κ2) is 5.67. The zero-order valence-electron chi connectivity index (χ0n) is 13.8. The number of benzene rings is 1. The maximum atomic E-state index is 12.4. The first-order chi connectivity index (χ1) is 11.3. The lowest BCUT2D eigenvalue weighted by molar-refractivity contribution is 0.0850. The molecule has 0 unspecified atom stereocenters. The minimum Gasteiger partial charge on any atom is -0.485 e. The lowest BCUT2D eigenvalue weighted by Gasteiger charge is -2.33. The van der Waals surface area contributed by atoms with Gasteiger partial charge in [-0.15, -0.1) is 0 Å². The van der Waals surface area contributed by atoms with Crippen LogP contribution in [0.3, 0.4) is 0 Å². The number of aromatic amines is 1. The molecule has 24 heavy (non-hydrogen) atoms. The van der Waals surface area contributed by atoms with E-state index in [1.54, 1.807) is 6.07 Å². The number of hydrogen-bond acceptors (Lipinski definition) is 4. The van der Waals surface area contributed by atoms with E-state index < -0.39 is 17.2 Å². The fraction of sp³-hybridized carbons (Fsp3) is 0.353. The summed E-state index contributed by atoms with van der Waals surface area (Å²) in [5, 5.41) is 2.71. The Morgan fingerprint density at radius 1 is 1.33 bits per heavy atom. The Balaban J connectivity index is 1.96. The number of carbonyl (C=O) groups excluding carboxylic acids is 1. The molecule has 2 heterocycles. The highest BCUT2D eigenvalue weighted by molar-refractivity contribution is 6.04. The van der Waals surface area contributed by atoms with Crippen LogP contribution in [0.4, 0.5) is 5.69 Å². The van der Waals surface area contributed by atoms with Crippen LogP contribution >= 0.6 is 0 Å². The van der Waals surface area contributed by atoms with Gasteiger partial charge in [0.15, 0.2) is 0 Å². The summed E-state index contributed by atoms with van der Waals surface area (Å²) in [5.41, 5.74) is -0.145. The summed E-state index contributed by atoms with van der Waals surface area (Å²) >= 11 is 0. The fourth-order valence-electron chi connectivity index (χ4n) is 2.68. The molecule has 1 aromatic heterocycles. The molecule has 7 heteroatoms. The predicted molar refractivity (Wildman–Crippen MR) is 89.7 cm³/mol. The van der Waals surface area contributed by atoms with Gasteiger partial charge in [0.05, 0.1) is 5.69 Å². The SMILES string of the molecule is Cn1c(=O)[nH]cc(C(=O)Nc2cccc3c2OC(C)(C)CC3)c1=O. The van der Waals surface area contributed by atoms with Crippen LogP contribution in [0.2, 0.25) is 0 Å². The van der Waals surface area contributed by atoms with Crippen molar-refractivity contribution < 1.29 is 9.53 Å². The van der Waals surface area contributed by atoms with Gasteiger partial charge in [0.2, 0.25) is 0 Å². The first-order valence-corrected chi connectivity index (χ1v) is 7.69. The fourth-order valence-corrected chi connectivity index (χ4v) is 2.68. The number of ether oxygens (including phenoxy) is 1. The maximum absolute atomic E-state index is 12.4. The standard InChI is InChI=1S/C17H19N3O4/c1-17(2)8-7-10-5-4-6-12(13(10)24-17)19-14(21)11-9-18-16(23)20(3)15(11)22/h4-6,9H,7-8H2,1-3H3,(H,18,23)(H,19,21). The van der Waals surface area contributed by atoms with Crippen molar-refractivity contribution >= 4 is 11.6 Å². The van der Waals surface area contributed by atoms with Gasteiger partial charge in [-0.2, -0.15) is 0 Å². The minimum absolute atomic E-state index is 0.134. The van der Waals surface area contributed by atoms with Crippen molar-refractivity contribution in [2.75, 3.05) is 5.32 Å². The zero-order valence-corrected chi connectivity index (χ0v) is 13.8. The largest absolute Gasteiger partial charge is 0.485 e. The summed E-state index contributed by atoms with van der Waals surface area (Å²) in [5.74, 6) is 0.0376. The highest BCUT2D eigenvalue weighted by atomic mass is 16.5.